The van der Waals surface area contributed by atoms with Gasteiger partial charge in [-0.1, -0.05) is 42.5 Å². The molecule has 0 spiro atoms. The van der Waals surface area contributed by atoms with Crippen LogP contribution in [-0.2, 0) is 4.79 Å². The first-order valence-corrected chi connectivity index (χ1v) is 11.1. The minimum atomic E-state index is -0.398. The van der Waals surface area contributed by atoms with E-state index in [1.807, 2.05) is 48.5 Å². The number of hydrazone groups is 1. The molecule has 4 aromatic rings. The van der Waals surface area contributed by atoms with Crippen molar-refractivity contribution in [3.05, 3.63) is 96.1 Å². The van der Waals surface area contributed by atoms with Crippen LogP contribution in [0.4, 0.5) is 5.69 Å². The molecule has 4 rings (SSSR count). The van der Waals surface area contributed by atoms with Crippen molar-refractivity contribution in [2.45, 2.75) is 0 Å². The summed E-state index contributed by atoms with van der Waals surface area (Å²) in [6.45, 7) is -0.178. The molecular formula is C28H25N3O5. The minimum Gasteiger partial charge on any atom is -0.496 e. The van der Waals surface area contributed by atoms with Crippen molar-refractivity contribution in [3.8, 4) is 17.2 Å². The Morgan fingerprint density at radius 1 is 0.806 bits per heavy atom. The number of carbonyl (C=O) groups excluding carboxylic acids is 2. The number of anilines is 1. The number of rotatable bonds is 9. The van der Waals surface area contributed by atoms with Crippen molar-refractivity contribution in [2.24, 2.45) is 5.10 Å². The van der Waals surface area contributed by atoms with E-state index in [1.54, 1.807) is 36.4 Å². The van der Waals surface area contributed by atoms with Crippen LogP contribution in [0.15, 0.2) is 90.0 Å². The highest BCUT2D eigenvalue weighted by Gasteiger charge is 2.13. The van der Waals surface area contributed by atoms with Crippen LogP contribution in [0.2, 0.25) is 0 Å². The Labute approximate surface area is 208 Å². The SMILES string of the molecule is COc1cc(C=NNC(=O)c2cc3ccccc3cc2OC)ccc1OCC(=O)Nc1ccccc1. The third-order valence-electron chi connectivity index (χ3n) is 5.30. The molecule has 0 unspecified atom stereocenters. The van der Waals surface area contributed by atoms with Gasteiger partial charge in [0.2, 0.25) is 0 Å². The minimum absolute atomic E-state index is 0.178. The average molecular weight is 484 g/mol. The quantitative estimate of drug-likeness (QED) is 0.267. The van der Waals surface area contributed by atoms with Gasteiger partial charge >= 0.3 is 0 Å². The number of amides is 2. The van der Waals surface area contributed by atoms with Gasteiger partial charge in [0.25, 0.3) is 11.8 Å². The van der Waals surface area contributed by atoms with Crippen LogP contribution in [0.25, 0.3) is 10.8 Å². The maximum atomic E-state index is 12.7. The zero-order valence-electron chi connectivity index (χ0n) is 19.9. The summed E-state index contributed by atoms with van der Waals surface area (Å²) in [7, 11) is 3.02. The monoisotopic (exact) mass is 483 g/mol. The fraction of sp³-hybridized carbons (Fsp3) is 0.107. The van der Waals surface area contributed by atoms with Crippen molar-refractivity contribution in [2.75, 3.05) is 26.1 Å². The highest BCUT2D eigenvalue weighted by Crippen LogP contribution is 2.28. The molecule has 0 fully saturated rings. The lowest BCUT2D eigenvalue weighted by atomic mass is 10.1. The summed E-state index contributed by atoms with van der Waals surface area (Å²) in [6, 6.07) is 25.5. The summed E-state index contributed by atoms with van der Waals surface area (Å²) in [5.74, 6) is 0.601. The van der Waals surface area contributed by atoms with Gasteiger partial charge in [0, 0.05) is 5.69 Å². The third-order valence-corrected chi connectivity index (χ3v) is 5.30. The lowest BCUT2D eigenvalue weighted by molar-refractivity contribution is -0.118. The van der Waals surface area contributed by atoms with Crippen molar-refractivity contribution in [3.63, 3.8) is 0 Å². The van der Waals surface area contributed by atoms with Gasteiger partial charge in [0.1, 0.15) is 5.75 Å². The van der Waals surface area contributed by atoms with E-state index in [1.165, 1.54) is 20.4 Å². The first kappa shape index (κ1) is 24.3. The Hall–Kier alpha value is -4.85. The molecule has 8 nitrogen and oxygen atoms in total. The predicted molar refractivity (Wildman–Crippen MR) is 139 cm³/mol. The number of fused-ring (bicyclic) bond motifs is 1. The molecule has 0 radical (unpaired) electrons. The molecular weight excluding hydrogens is 458 g/mol. The normalized spacial score (nSPS) is 10.7. The standard InChI is InChI=1S/C28H25N3O5/c1-34-25-16-21-9-7-6-8-20(21)15-23(25)28(33)31-29-17-19-12-13-24(26(14-19)35-2)36-18-27(32)30-22-10-4-3-5-11-22/h3-17H,18H2,1-2H3,(H,30,32)(H,31,33). The summed E-state index contributed by atoms with van der Waals surface area (Å²) >= 11 is 0. The maximum Gasteiger partial charge on any atom is 0.275 e. The smallest absolute Gasteiger partial charge is 0.275 e. The number of nitrogens with zero attached hydrogens (tertiary/aromatic N) is 1. The number of benzene rings is 4. The fourth-order valence-corrected chi connectivity index (χ4v) is 3.54. The summed E-state index contributed by atoms with van der Waals surface area (Å²) < 4.78 is 16.4. The van der Waals surface area contributed by atoms with Crippen molar-refractivity contribution in [1.82, 2.24) is 5.43 Å². The molecule has 0 saturated heterocycles. The van der Waals surface area contributed by atoms with E-state index in [0.717, 1.165) is 10.8 Å². The Bertz CT molecular complexity index is 1400. The first-order chi connectivity index (χ1) is 17.6. The molecule has 36 heavy (non-hydrogen) atoms. The summed E-state index contributed by atoms with van der Waals surface area (Å²) in [4.78, 5) is 24.9. The number of para-hydroxylation sites is 1. The zero-order chi connectivity index (χ0) is 25.3. The van der Waals surface area contributed by atoms with Gasteiger partial charge in [-0.05, 0) is 58.8 Å². The van der Waals surface area contributed by atoms with E-state index in [2.05, 4.69) is 15.8 Å². The number of ether oxygens (including phenoxy) is 3. The van der Waals surface area contributed by atoms with Crippen LogP contribution in [-0.4, -0.2) is 38.9 Å². The molecule has 2 N–H and O–H groups in total. The summed E-state index contributed by atoms with van der Waals surface area (Å²) in [6.07, 6.45) is 1.49. The molecule has 0 saturated carbocycles. The molecule has 0 heterocycles. The topological polar surface area (TPSA) is 98.2 Å². The van der Waals surface area contributed by atoms with Crippen LogP contribution >= 0.6 is 0 Å². The molecule has 4 aromatic carbocycles. The number of nitrogens with one attached hydrogen (secondary N) is 2. The second-order valence-electron chi connectivity index (χ2n) is 7.71. The highest BCUT2D eigenvalue weighted by molar-refractivity contribution is 6.02. The van der Waals surface area contributed by atoms with Gasteiger partial charge in [-0.2, -0.15) is 5.10 Å². The van der Waals surface area contributed by atoms with Crippen molar-refractivity contribution >= 4 is 34.5 Å². The number of carbonyl (C=O) groups is 2. The molecule has 0 aromatic heterocycles. The highest BCUT2D eigenvalue weighted by atomic mass is 16.5. The van der Waals surface area contributed by atoms with Gasteiger partial charge in [-0.15, -0.1) is 0 Å². The van der Waals surface area contributed by atoms with E-state index < -0.39 is 5.91 Å². The molecule has 8 heteroatoms. The second-order valence-corrected chi connectivity index (χ2v) is 7.71. The van der Waals surface area contributed by atoms with Gasteiger partial charge in [0.15, 0.2) is 18.1 Å². The van der Waals surface area contributed by atoms with Gasteiger partial charge in [0.05, 0.1) is 26.0 Å². The van der Waals surface area contributed by atoms with Gasteiger partial charge in [-0.3, -0.25) is 9.59 Å². The van der Waals surface area contributed by atoms with E-state index in [9.17, 15) is 9.59 Å². The second kappa shape index (κ2) is 11.5. The predicted octanol–water partition coefficient (Wildman–Crippen LogP) is 4.64. The Balaban J connectivity index is 1.39. The Morgan fingerprint density at radius 2 is 1.50 bits per heavy atom. The molecule has 0 aliphatic rings. The fourth-order valence-electron chi connectivity index (χ4n) is 3.54. The maximum absolute atomic E-state index is 12.7. The molecule has 182 valence electrons. The largest absolute Gasteiger partial charge is 0.496 e. The van der Waals surface area contributed by atoms with E-state index in [4.69, 9.17) is 14.2 Å². The molecule has 0 atom stereocenters. The van der Waals surface area contributed by atoms with Crippen LogP contribution in [0.1, 0.15) is 15.9 Å². The van der Waals surface area contributed by atoms with Crippen LogP contribution in [0.3, 0.4) is 0 Å². The average Bonchev–Trinajstić information content (AvgIpc) is 2.91. The van der Waals surface area contributed by atoms with Crippen molar-refractivity contribution in [1.29, 1.82) is 0 Å². The zero-order valence-corrected chi connectivity index (χ0v) is 19.9. The van der Waals surface area contributed by atoms with E-state index >= 15 is 0 Å². The number of hydrogen-bond acceptors (Lipinski definition) is 6. The summed E-state index contributed by atoms with van der Waals surface area (Å²) in [5, 5.41) is 8.71. The van der Waals surface area contributed by atoms with Crippen molar-refractivity contribution < 1.29 is 23.8 Å². The Morgan fingerprint density at radius 3 is 2.22 bits per heavy atom. The van der Waals surface area contributed by atoms with E-state index in [0.29, 0.717) is 34.1 Å². The van der Waals surface area contributed by atoms with Crippen LogP contribution in [0, 0.1) is 0 Å². The molecule has 0 aliphatic heterocycles. The first-order valence-electron chi connectivity index (χ1n) is 11.1. The summed E-state index contributed by atoms with van der Waals surface area (Å²) in [5.41, 5.74) is 4.26. The molecule has 2 amide bonds. The number of hydrogen-bond donors (Lipinski definition) is 2. The van der Waals surface area contributed by atoms with Gasteiger partial charge in [-0.25, -0.2) is 5.43 Å². The lowest BCUT2D eigenvalue weighted by Crippen LogP contribution is -2.20. The van der Waals surface area contributed by atoms with Crippen LogP contribution in [0.5, 0.6) is 17.2 Å². The van der Waals surface area contributed by atoms with Crippen LogP contribution < -0.4 is 25.0 Å². The molecule has 0 bridgehead atoms. The van der Waals surface area contributed by atoms with Gasteiger partial charge < -0.3 is 19.5 Å². The van der Waals surface area contributed by atoms with E-state index in [-0.39, 0.29) is 12.5 Å². The lowest BCUT2D eigenvalue weighted by Gasteiger charge is -2.11. The number of methoxy groups -OCH3 is 2. The Kier molecular flexibility index (Phi) is 7.77. The third kappa shape index (κ3) is 5.98. The molecule has 0 aliphatic carbocycles.